The zero-order chi connectivity index (χ0) is 12.6. The average Bonchev–Trinajstić information content (AvgIpc) is 2.29. The predicted molar refractivity (Wildman–Crippen MR) is 58.4 cm³/mol. The number of nitrogens with zero attached hydrogens (tertiary/aromatic N) is 1. The molecule has 0 saturated carbocycles. The molecule has 17 heavy (non-hydrogen) atoms. The van der Waals surface area contributed by atoms with Crippen LogP contribution in [0.15, 0.2) is 23.0 Å². The number of carboxylic acid groups (broad SMARTS) is 1. The lowest BCUT2D eigenvalue weighted by atomic mass is 10.1. The summed E-state index contributed by atoms with van der Waals surface area (Å²) >= 11 is 0. The maximum absolute atomic E-state index is 13.4. The summed E-state index contributed by atoms with van der Waals surface area (Å²) in [4.78, 5) is 28.6. The molecule has 2 rings (SSSR count). The highest BCUT2D eigenvalue weighted by molar-refractivity contribution is 5.79. The third-order valence-corrected chi connectivity index (χ3v) is 2.49. The lowest BCUT2D eigenvalue weighted by Gasteiger charge is -2.06. The Kier molecular flexibility index (Phi) is 2.63. The first kappa shape index (κ1) is 11.3. The van der Waals surface area contributed by atoms with Gasteiger partial charge in [-0.05, 0) is 19.1 Å². The Morgan fingerprint density at radius 3 is 2.88 bits per heavy atom. The Morgan fingerprint density at radius 2 is 2.24 bits per heavy atom. The highest BCUT2D eigenvalue weighted by Crippen LogP contribution is 2.15. The molecule has 5 nitrogen and oxygen atoms in total. The number of benzene rings is 1. The molecule has 0 radical (unpaired) electrons. The molecule has 1 heterocycles. The predicted octanol–water partition coefficient (Wildman–Crippen LogP) is 1.25. The molecule has 1 aromatic carbocycles. The van der Waals surface area contributed by atoms with Crippen molar-refractivity contribution in [2.75, 3.05) is 0 Å². The topological polar surface area (TPSA) is 83.0 Å². The first-order valence-electron chi connectivity index (χ1n) is 4.92. The maximum atomic E-state index is 13.4. The highest BCUT2D eigenvalue weighted by atomic mass is 19.1. The summed E-state index contributed by atoms with van der Waals surface area (Å²) in [7, 11) is 0. The molecule has 1 atom stereocenters. The van der Waals surface area contributed by atoms with Crippen LogP contribution in [-0.4, -0.2) is 21.0 Å². The lowest BCUT2D eigenvalue weighted by Crippen LogP contribution is -2.18. The van der Waals surface area contributed by atoms with Gasteiger partial charge >= 0.3 is 5.97 Å². The van der Waals surface area contributed by atoms with Gasteiger partial charge in [0, 0.05) is 0 Å². The molecule has 0 bridgehead atoms. The number of hydrogen-bond acceptors (Lipinski definition) is 3. The number of carbonyl (C=O) groups is 1. The van der Waals surface area contributed by atoms with Crippen molar-refractivity contribution in [2.45, 2.75) is 12.8 Å². The number of rotatable bonds is 2. The number of aromatic amines is 1. The Balaban J connectivity index is 2.75. The fourth-order valence-electron chi connectivity index (χ4n) is 1.47. The van der Waals surface area contributed by atoms with Crippen LogP contribution in [0.25, 0.3) is 10.9 Å². The Labute approximate surface area is 94.9 Å². The van der Waals surface area contributed by atoms with Crippen molar-refractivity contribution < 1.29 is 14.3 Å². The first-order valence-corrected chi connectivity index (χ1v) is 4.92. The highest BCUT2D eigenvalue weighted by Gasteiger charge is 2.18. The smallest absolute Gasteiger partial charge is 0.313 e. The number of hydrogen-bond donors (Lipinski definition) is 2. The molecule has 0 fully saturated rings. The minimum absolute atomic E-state index is 0.0555. The van der Waals surface area contributed by atoms with E-state index in [9.17, 15) is 14.0 Å². The van der Waals surface area contributed by atoms with E-state index in [0.717, 1.165) is 0 Å². The number of aliphatic carboxylic acids is 1. The second kappa shape index (κ2) is 3.97. The second-order valence-corrected chi connectivity index (χ2v) is 3.65. The van der Waals surface area contributed by atoms with E-state index in [1.54, 1.807) is 0 Å². The van der Waals surface area contributed by atoms with Crippen LogP contribution in [0.2, 0.25) is 0 Å². The fourth-order valence-corrected chi connectivity index (χ4v) is 1.47. The third-order valence-electron chi connectivity index (χ3n) is 2.49. The molecule has 0 aliphatic carbocycles. The summed E-state index contributed by atoms with van der Waals surface area (Å²) in [5, 5.41) is 8.92. The summed E-state index contributed by atoms with van der Waals surface area (Å²) < 4.78 is 13.4. The van der Waals surface area contributed by atoms with Crippen LogP contribution < -0.4 is 5.56 Å². The molecule has 1 aromatic heterocycles. The molecule has 6 heteroatoms. The molecule has 0 aliphatic rings. The van der Waals surface area contributed by atoms with Gasteiger partial charge in [0.15, 0.2) is 0 Å². The van der Waals surface area contributed by atoms with Crippen LogP contribution in [0.1, 0.15) is 18.7 Å². The zero-order valence-corrected chi connectivity index (χ0v) is 8.90. The zero-order valence-electron chi connectivity index (χ0n) is 8.90. The number of para-hydroxylation sites is 1. The molecule has 2 aromatic rings. The van der Waals surface area contributed by atoms with Crippen molar-refractivity contribution in [1.82, 2.24) is 9.97 Å². The van der Waals surface area contributed by atoms with Gasteiger partial charge < -0.3 is 10.1 Å². The van der Waals surface area contributed by atoms with Crippen LogP contribution in [0, 0.1) is 5.82 Å². The maximum Gasteiger partial charge on any atom is 0.313 e. The van der Waals surface area contributed by atoms with Gasteiger partial charge in [0.2, 0.25) is 0 Å². The van der Waals surface area contributed by atoms with Gasteiger partial charge in [0.05, 0.1) is 5.39 Å². The van der Waals surface area contributed by atoms with Gasteiger partial charge in [0.1, 0.15) is 23.1 Å². The molecule has 2 N–H and O–H groups in total. The summed E-state index contributed by atoms with van der Waals surface area (Å²) in [5.74, 6) is -2.83. The van der Waals surface area contributed by atoms with Crippen LogP contribution in [-0.2, 0) is 4.79 Å². The monoisotopic (exact) mass is 236 g/mol. The minimum atomic E-state index is -1.14. The Bertz CT molecular complexity index is 651. The van der Waals surface area contributed by atoms with Crippen molar-refractivity contribution >= 4 is 16.9 Å². The Morgan fingerprint density at radius 1 is 1.53 bits per heavy atom. The third kappa shape index (κ3) is 1.89. The van der Waals surface area contributed by atoms with Gasteiger partial charge in [-0.15, -0.1) is 0 Å². The number of fused-ring (bicyclic) bond motifs is 1. The van der Waals surface area contributed by atoms with E-state index in [0.29, 0.717) is 0 Å². The van der Waals surface area contributed by atoms with Crippen molar-refractivity contribution in [2.24, 2.45) is 0 Å². The summed E-state index contributed by atoms with van der Waals surface area (Å²) in [6.45, 7) is 1.37. The molecular formula is C11H9FN2O3. The van der Waals surface area contributed by atoms with Gasteiger partial charge in [-0.25, -0.2) is 9.37 Å². The number of aromatic nitrogens is 2. The largest absolute Gasteiger partial charge is 0.481 e. The second-order valence-electron chi connectivity index (χ2n) is 3.65. The fraction of sp³-hybridized carbons (Fsp3) is 0.182. The van der Waals surface area contributed by atoms with Crippen molar-refractivity contribution in [1.29, 1.82) is 0 Å². The molecule has 0 amide bonds. The van der Waals surface area contributed by atoms with Gasteiger partial charge in [0.25, 0.3) is 5.56 Å². The molecule has 1 unspecified atom stereocenters. The van der Waals surface area contributed by atoms with E-state index in [2.05, 4.69) is 9.97 Å². The number of carboxylic acids is 1. The summed E-state index contributed by atoms with van der Waals surface area (Å²) in [6, 6.07) is 4.00. The average molecular weight is 236 g/mol. The van der Waals surface area contributed by atoms with Crippen molar-refractivity contribution in [3.63, 3.8) is 0 Å². The van der Waals surface area contributed by atoms with E-state index >= 15 is 0 Å². The van der Waals surface area contributed by atoms with Crippen molar-refractivity contribution in [3.05, 3.63) is 40.2 Å². The standard InChI is InChI=1S/C11H9FN2O3/c1-5(11(16)17)9-13-8-6(10(15)14-9)3-2-4-7(8)12/h2-5H,1H3,(H,16,17)(H,13,14,15). The van der Waals surface area contributed by atoms with E-state index < -0.39 is 23.3 Å². The van der Waals surface area contributed by atoms with E-state index in [1.165, 1.54) is 25.1 Å². The molecule has 0 aliphatic heterocycles. The number of halogens is 1. The van der Waals surface area contributed by atoms with Crippen LogP contribution >= 0.6 is 0 Å². The first-order chi connectivity index (χ1) is 8.00. The van der Waals surface area contributed by atoms with Crippen LogP contribution in [0.3, 0.4) is 0 Å². The molecule has 88 valence electrons. The van der Waals surface area contributed by atoms with Crippen molar-refractivity contribution in [3.8, 4) is 0 Å². The Hall–Kier alpha value is -2.24. The van der Waals surface area contributed by atoms with Crippen LogP contribution in [0.5, 0.6) is 0 Å². The lowest BCUT2D eigenvalue weighted by molar-refractivity contribution is -0.138. The summed E-state index contributed by atoms with van der Waals surface area (Å²) in [5.41, 5.74) is -0.656. The van der Waals surface area contributed by atoms with Gasteiger partial charge in [-0.1, -0.05) is 6.07 Å². The minimum Gasteiger partial charge on any atom is -0.481 e. The van der Waals surface area contributed by atoms with E-state index in [-0.39, 0.29) is 16.7 Å². The normalized spacial score (nSPS) is 12.6. The van der Waals surface area contributed by atoms with Crippen LogP contribution in [0.4, 0.5) is 4.39 Å². The van der Waals surface area contributed by atoms with E-state index in [4.69, 9.17) is 5.11 Å². The van der Waals surface area contributed by atoms with Gasteiger partial charge in [-0.3, -0.25) is 9.59 Å². The quantitative estimate of drug-likeness (QED) is 0.822. The van der Waals surface area contributed by atoms with Gasteiger partial charge in [-0.2, -0.15) is 0 Å². The number of H-pyrrole nitrogens is 1. The van der Waals surface area contributed by atoms with E-state index in [1.807, 2.05) is 0 Å². The number of nitrogens with one attached hydrogen (secondary N) is 1. The molecule has 0 spiro atoms. The molecular weight excluding hydrogens is 227 g/mol. The SMILES string of the molecule is CC(C(=O)O)c1nc2c(F)cccc2c(=O)[nH]1. The molecule has 0 saturated heterocycles. The summed E-state index contributed by atoms with van der Waals surface area (Å²) in [6.07, 6.45) is 0.